The molecule has 1 aromatic heterocycles. The summed E-state index contributed by atoms with van der Waals surface area (Å²) in [5, 5.41) is 6.00. The Morgan fingerprint density at radius 1 is 1.14 bits per heavy atom. The van der Waals surface area contributed by atoms with E-state index in [0.717, 1.165) is 25.1 Å². The molecule has 2 aromatic rings. The number of anilines is 2. The Labute approximate surface area is 125 Å². The van der Waals surface area contributed by atoms with E-state index in [2.05, 4.69) is 22.5 Å². The Balaban J connectivity index is 2.10. The van der Waals surface area contributed by atoms with E-state index in [1.165, 1.54) is 5.56 Å². The number of carbonyl (C=O) groups excluding carboxylic acids is 1. The van der Waals surface area contributed by atoms with Crippen molar-refractivity contribution in [1.82, 2.24) is 4.98 Å². The monoisotopic (exact) mass is 283 g/mol. The number of hydrogen-bond donors (Lipinski definition) is 2. The third-order valence-electron chi connectivity index (χ3n) is 3.15. The van der Waals surface area contributed by atoms with Crippen LogP contribution in [0.4, 0.5) is 11.5 Å². The van der Waals surface area contributed by atoms with Gasteiger partial charge in [-0.1, -0.05) is 25.5 Å². The van der Waals surface area contributed by atoms with E-state index in [0.29, 0.717) is 11.4 Å². The van der Waals surface area contributed by atoms with Gasteiger partial charge < -0.3 is 10.6 Å². The Bertz CT molecular complexity index is 593. The number of aromatic nitrogens is 1. The van der Waals surface area contributed by atoms with Crippen molar-refractivity contribution in [2.75, 3.05) is 17.2 Å². The minimum atomic E-state index is -0.151. The second-order valence-corrected chi connectivity index (χ2v) is 4.83. The molecule has 0 atom stereocenters. The van der Waals surface area contributed by atoms with E-state index >= 15 is 0 Å². The molecule has 2 rings (SSSR count). The predicted octanol–water partition coefficient (Wildman–Crippen LogP) is 3.72. The van der Waals surface area contributed by atoms with Gasteiger partial charge in [-0.2, -0.15) is 0 Å². The van der Waals surface area contributed by atoms with Crippen LogP contribution in [0.5, 0.6) is 0 Å². The van der Waals surface area contributed by atoms with Gasteiger partial charge in [0.2, 0.25) is 0 Å². The summed E-state index contributed by atoms with van der Waals surface area (Å²) in [5.74, 6) is 0.461. The third-order valence-corrected chi connectivity index (χ3v) is 3.15. The molecule has 0 aliphatic heterocycles. The number of carbonyl (C=O) groups is 1. The number of aryl methyl sites for hydroxylation is 1. The average molecular weight is 283 g/mol. The first-order valence-corrected chi connectivity index (χ1v) is 7.33. The van der Waals surface area contributed by atoms with E-state index < -0.39 is 0 Å². The fourth-order valence-corrected chi connectivity index (χ4v) is 2.14. The van der Waals surface area contributed by atoms with Crippen molar-refractivity contribution in [1.29, 1.82) is 0 Å². The maximum absolute atomic E-state index is 12.3. The first-order valence-electron chi connectivity index (χ1n) is 7.33. The Morgan fingerprint density at radius 3 is 2.57 bits per heavy atom. The minimum Gasteiger partial charge on any atom is -0.370 e. The van der Waals surface area contributed by atoms with Gasteiger partial charge in [0, 0.05) is 18.4 Å². The summed E-state index contributed by atoms with van der Waals surface area (Å²) >= 11 is 0. The van der Waals surface area contributed by atoms with Gasteiger partial charge in [-0.3, -0.25) is 4.79 Å². The van der Waals surface area contributed by atoms with Gasteiger partial charge in [0.05, 0.1) is 5.56 Å². The number of nitrogens with one attached hydrogen (secondary N) is 2. The highest BCUT2D eigenvalue weighted by Gasteiger charge is 2.11. The van der Waals surface area contributed by atoms with Crippen LogP contribution >= 0.6 is 0 Å². The number of rotatable bonds is 6. The van der Waals surface area contributed by atoms with Crippen LogP contribution in [0.15, 0.2) is 42.6 Å². The molecule has 21 heavy (non-hydrogen) atoms. The van der Waals surface area contributed by atoms with Crippen LogP contribution in [0.2, 0.25) is 0 Å². The summed E-state index contributed by atoms with van der Waals surface area (Å²) in [4.78, 5) is 16.5. The van der Waals surface area contributed by atoms with Gasteiger partial charge in [-0.15, -0.1) is 0 Å². The molecular weight excluding hydrogens is 262 g/mol. The van der Waals surface area contributed by atoms with E-state index in [1.54, 1.807) is 18.3 Å². The van der Waals surface area contributed by atoms with Crippen molar-refractivity contribution in [3.63, 3.8) is 0 Å². The summed E-state index contributed by atoms with van der Waals surface area (Å²) in [6, 6.07) is 11.5. The van der Waals surface area contributed by atoms with Crippen LogP contribution in [0.3, 0.4) is 0 Å². The summed E-state index contributed by atoms with van der Waals surface area (Å²) in [7, 11) is 0. The predicted molar refractivity (Wildman–Crippen MR) is 86.8 cm³/mol. The van der Waals surface area contributed by atoms with Crippen molar-refractivity contribution in [2.24, 2.45) is 0 Å². The zero-order valence-electron chi connectivity index (χ0n) is 12.5. The Kier molecular flexibility index (Phi) is 5.32. The molecule has 0 saturated heterocycles. The number of benzene rings is 1. The molecule has 0 radical (unpaired) electrons. The third kappa shape index (κ3) is 4.05. The second kappa shape index (κ2) is 7.43. The molecule has 0 saturated carbocycles. The van der Waals surface area contributed by atoms with Gasteiger partial charge in [-0.05, 0) is 43.2 Å². The summed E-state index contributed by atoms with van der Waals surface area (Å²) in [6.45, 7) is 4.85. The van der Waals surface area contributed by atoms with Gasteiger partial charge >= 0.3 is 0 Å². The molecule has 0 aliphatic carbocycles. The molecule has 0 spiro atoms. The molecule has 1 aromatic carbocycles. The van der Waals surface area contributed by atoms with Crippen LogP contribution in [0, 0.1) is 0 Å². The summed E-state index contributed by atoms with van der Waals surface area (Å²) < 4.78 is 0. The molecule has 0 fully saturated rings. The maximum atomic E-state index is 12.3. The summed E-state index contributed by atoms with van der Waals surface area (Å²) in [6.07, 6.45) is 3.85. The molecule has 1 heterocycles. The van der Waals surface area contributed by atoms with Gasteiger partial charge in [0.1, 0.15) is 5.82 Å². The van der Waals surface area contributed by atoms with Crippen LogP contribution in [0.1, 0.15) is 36.2 Å². The lowest BCUT2D eigenvalue weighted by Gasteiger charge is -2.10. The number of pyridine rings is 1. The topological polar surface area (TPSA) is 54.0 Å². The normalized spacial score (nSPS) is 10.2. The Hall–Kier alpha value is -2.36. The highest BCUT2D eigenvalue weighted by atomic mass is 16.1. The lowest BCUT2D eigenvalue weighted by Crippen LogP contribution is -2.15. The average Bonchev–Trinajstić information content (AvgIpc) is 2.50. The number of amides is 1. The lowest BCUT2D eigenvalue weighted by molar-refractivity contribution is 0.102. The highest BCUT2D eigenvalue weighted by molar-refractivity contribution is 6.07. The molecule has 2 N–H and O–H groups in total. The molecule has 4 nitrogen and oxygen atoms in total. The van der Waals surface area contributed by atoms with E-state index in [9.17, 15) is 4.79 Å². The van der Waals surface area contributed by atoms with Crippen LogP contribution in [-0.2, 0) is 6.42 Å². The molecule has 0 unspecified atom stereocenters. The van der Waals surface area contributed by atoms with Crippen LogP contribution in [0.25, 0.3) is 0 Å². The van der Waals surface area contributed by atoms with Gasteiger partial charge in [0.25, 0.3) is 5.91 Å². The van der Waals surface area contributed by atoms with Crippen molar-refractivity contribution in [3.05, 3.63) is 53.7 Å². The highest BCUT2D eigenvalue weighted by Crippen LogP contribution is 2.16. The standard InChI is InChI=1S/C17H21N3O/c1-3-6-13-8-10-14(11-9-13)20-17(21)15-7-5-12-19-16(15)18-4-2/h5,7-12H,3-4,6H2,1-2H3,(H,18,19)(H,20,21). The smallest absolute Gasteiger partial charge is 0.259 e. The van der Waals surface area contributed by atoms with Crippen LogP contribution in [-0.4, -0.2) is 17.4 Å². The first kappa shape index (κ1) is 15.0. The molecule has 0 aliphatic rings. The minimum absolute atomic E-state index is 0.151. The Morgan fingerprint density at radius 2 is 1.90 bits per heavy atom. The van der Waals surface area contributed by atoms with E-state index in [4.69, 9.17) is 0 Å². The first-order chi connectivity index (χ1) is 10.2. The largest absolute Gasteiger partial charge is 0.370 e. The van der Waals surface area contributed by atoms with Crippen molar-refractivity contribution < 1.29 is 4.79 Å². The maximum Gasteiger partial charge on any atom is 0.259 e. The van der Waals surface area contributed by atoms with Gasteiger partial charge in [-0.25, -0.2) is 4.98 Å². The second-order valence-electron chi connectivity index (χ2n) is 4.83. The zero-order chi connectivity index (χ0) is 15.1. The quantitative estimate of drug-likeness (QED) is 0.849. The van der Waals surface area contributed by atoms with Crippen molar-refractivity contribution >= 4 is 17.4 Å². The molecule has 1 amide bonds. The number of nitrogens with zero attached hydrogens (tertiary/aromatic N) is 1. The van der Waals surface area contributed by atoms with E-state index in [-0.39, 0.29) is 5.91 Å². The van der Waals surface area contributed by atoms with Crippen molar-refractivity contribution in [3.8, 4) is 0 Å². The molecule has 0 bridgehead atoms. The molecule has 110 valence electrons. The van der Waals surface area contributed by atoms with Gasteiger partial charge in [0.15, 0.2) is 0 Å². The lowest BCUT2D eigenvalue weighted by atomic mass is 10.1. The zero-order valence-corrected chi connectivity index (χ0v) is 12.5. The molecular formula is C17H21N3O. The number of hydrogen-bond acceptors (Lipinski definition) is 3. The van der Waals surface area contributed by atoms with E-state index in [1.807, 2.05) is 31.2 Å². The SMILES string of the molecule is CCCc1ccc(NC(=O)c2cccnc2NCC)cc1. The fourth-order valence-electron chi connectivity index (χ4n) is 2.14. The van der Waals surface area contributed by atoms with Crippen molar-refractivity contribution in [2.45, 2.75) is 26.7 Å². The summed E-state index contributed by atoms with van der Waals surface area (Å²) in [5.41, 5.74) is 2.63. The molecule has 4 heteroatoms. The van der Waals surface area contributed by atoms with Crippen LogP contribution < -0.4 is 10.6 Å². The fraction of sp³-hybridized carbons (Fsp3) is 0.294.